The first-order valence-electron chi connectivity index (χ1n) is 10.1. The van der Waals surface area contributed by atoms with Gasteiger partial charge in [-0.1, -0.05) is 6.07 Å². The Bertz CT molecular complexity index is 1160. The summed E-state index contributed by atoms with van der Waals surface area (Å²) in [6.07, 6.45) is 11.9. The first-order valence-corrected chi connectivity index (χ1v) is 10.1. The molecule has 0 aliphatic heterocycles. The Morgan fingerprint density at radius 1 is 1.03 bits per heavy atom. The number of hydrogen-bond donors (Lipinski definition) is 2. The fourth-order valence-corrected chi connectivity index (χ4v) is 4.17. The Balaban J connectivity index is 1.38. The van der Waals surface area contributed by atoms with Crippen molar-refractivity contribution < 1.29 is 0 Å². The predicted octanol–water partition coefficient (Wildman–Crippen LogP) is 3.67. The number of hydrogen-bond acceptors (Lipinski definition) is 6. The second-order valence-corrected chi connectivity index (χ2v) is 8.13. The zero-order chi connectivity index (χ0) is 19.8. The lowest BCUT2D eigenvalue weighted by Gasteiger charge is -2.37. The van der Waals surface area contributed by atoms with E-state index in [-0.39, 0.29) is 5.54 Å². The van der Waals surface area contributed by atoms with Gasteiger partial charge in [0.2, 0.25) is 5.95 Å². The van der Waals surface area contributed by atoms with Crippen molar-refractivity contribution >= 4 is 22.5 Å². The zero-order valence-electron chi connectivity index (χ0n) is 16.8. The van der Waals surface area contributed by atoms with E-state index in [1.165, 1.54) is 0 Å². The van der Waals surface area contributed by atoms with Crippen molar-refractivity contribution in [3.63, 3.8) is 0 Å². The Kier molecular flexibility index (Phi) is 4.39. The monoisotopic (exact) mass is 387 g/mol. The minimum absolute atomic E-state index is 0.253. The number of nitrogens with one attached hydrogen (secondary N) is 2. The minimum Gasteiger partial charge on any atom is -0.350 e. The van der Waals surface area contributed by atoms with Crippen molar-refractivity contribution in [2.24, 2.45) is 0 Å². The number of anilines is 1. The number of nitrogens with zero attached hydrogens (tertiary/aromatic N) is 5. The number of rotatable bonds is 4. The first-order chi connectivity index (χ1) is 14.1. The van der Waals surface area contributed by atoms with Crippen molar-refractivity contribution in [1.29, 1.82) is 0 Å². The van der Waals surface area contributed by atoms with E-state index in [0.717, 1.165) is 53.4 Å². The quantitative estimate of drug-likeness (QED) is 0.556. The van der Waals surface area contributed by atoms with Crippen LogP contribution in [0.2, 0.25) is 0 Å². The Morgan fingerprint density at radius 3 is 2.62 bits per heavy atom. The standard InChI is InChI=1S/C22H25N7/c1-22(23-2)8-5-16(6-9-22)27-21-26-14-20-17(7-12-29(20)28-21)15-3-4-18-19(13-15)25-11-10-24-18/h3-4,7,10-14,16,23H,5-6,8-9H2,1-2H3,(H,27,28). The average Bonchev–Trinajstić information content (AvgIpc) is 3.18. The average molecular weight is 387 g/mol. The van der Waals surface area contributed by atoms with Gasteiger partial charge in [0, 0.05) is 35.7 Å². The summed E-state index contributed by atoms with van der Waals surface area (Å²) >= 11 is 0. The maximum absolute atomic E-state index is 4.69. The fraction of sp³-hybridized carbons (Fsp3) is 0.364. The normalized spacial score (nSPS) is 22.2. The number of aromatic nitrogens is 5. The molecule has 0 amide bonds. The largest absolute Gasteiger partial charge is 0.350 e. The van der Waals surface area contributed by atoms with Gasteiger partial charge in [0.15, 0.2) is 0 Å². The van der Waals surface area contributed by atoms with Crippen LogP contribution in [0.5, 0.6) is 0 Å². The molecule has 2 N–H and O–H groups in total. The van der Waals surface area contributed by atoms with Gasteiger partial charge in [-0.3, -0.25) is 9.97 Å². The maximum Gasteiger partial charge on any atom is 0.241 e. The van der Waals surface area contributed by atoms with Crippen LogP contribution in [0.1, 0.15) is 32.6 Å². The van der Waals surface area contributed by atoms with Gasteiger partial charge in [0.05, 0.1) is 22.7 Å². The highest BCUT2D eigenvalue weighted by atomic mass is 15.3. The lowest BCUT2D eigenvalue weighted by atomic mass is 9.81. The first kappa shape index (κ1) is 18.0. The molecule has 3 aromatic heterocycles. The third-order valence-electron chi connectivity index (χ3n) is 6.22. The zero-order valence-corrected chi connectivity index (χ0v) is 16.8. The molecular weight excluding hydrogens is 362 g/mol. The molecule has 3 heterocycles. The third-order valence-corrected chi connectivity index (χ3v) is 6.22. The third kappa shape index (κ3) is 3.42. The highest BCUT2D eigenvalue weighted by Gasteiger charge is 2.29. The van der Waals surface area contributed by atoms with E-state index < -0.39 is 0 Å². The van der Waals surface area contributed by atoms with E-state index in [1.807, 2.05) is 23.0 Å². The summed E-state index contributed by atoms with van der Waals surface area (Å²) in [5.74, 6) is 0.682. The SMILES string of the molecule is CNC1(C)CCC(Nc2ncc3c(-c4ccc5nccnc5c4)ccn3n2)CC1. The summed E-state index contributed by atoms with van der Waals surface area (Å²) in [4.78, 5) is 13.3. The van der Waals surface area contributed by atoms with E-state index in [0.29, 0.717) is 12.0 Å². The van der Waals surface area contributed by atoms with Crippen molar-refractivity contribution in [1.82, 2.24) is 29.9 Å². The Morgan fingerprint density at radius 2 is 1.83 bits per heavy atom. The molecule has 1 aliphatic rings. The molecule has 29 heavy (non-hydrogen) atoms. The summed E-state index contributed by atoms with van der Waals surface area (Å²) < 4.78 is 1.89. The van der Waals surface area contributed by atoms with Crippen LogP contribution in [0.3, 0.4) is 0 Å². The molecular formula is C22H25N7. The van der Waals surface area contributed by atoms with E-state index in [4.69, 9.17) is 0 Å². The smallest absolute Gasteiger partial charge is 0.241 e. The second-order valence-electron chi connectivity index (χ2n) is 8.13. The maximum atomic E-state index is 4.69. The van der Waals surface area contributed by atoms with Crippen molar-refractivity contribution in [2.75, 3.05) is 12.4 Å². The molecule has 4 aromatic rings. The van der Waals surface area contributed by atoms with Crippen LogP contribution in [0.15, 0.2) is 49.1 Å². The van der Waals surface area contributed by atoms with E-state index in [9.17, 15) is 0 Å². The fourth-order valence-electron chi connectivity index (χ4n) is 4.17. The van der Waals surface area contributed by atoms with Gasteiger partial charge in [-0.05, 0) is 63.4 Å². The minimum atomic E-state index is 0.253. The molecule has 1 fully saturated rings. The molecule has 1 saturated carbocycles. The molecule has 148 valence electrons. The molecule has 7 heteroatoms. The molecule has 7 nitrogen and oxygen atoms in total. The molecule has 0 saturated heterocycles. The van der Waals surface area contributed by atoms with Crippen LogP contribution in [0, 0.1) is 0 Å². The number of benzene rings is 1. The van der Waals surface area contributed by atoms with Gasteiger partial charge in [-0.2, -0.15) is 0 Å². The Labute approximate surface area is 169 Å². The van der Waals surface area contributed by atoms with Gasteiger partial charge < -0.3 is 10.6 Å². The van der Waals surface area contributed by atoms with Gasteiger partial charge in [-0.25, -0.2) is 9.50 Å². The number of fused-ring (bicyclic) bond motifs is 2. The van der Waals surface area contributed by atoms with Crippen LogP contribution in [0.4, 0.5) is 5.95 Å². The van der Waals surface area contributed by atoms with Crippen molar-refractivity contribution in [3.8, 4) is 11.1 Å². The molecule has 0 atom stereocenters. The van der Waals surface area contributed by atoms with E-state index in [1.54, 1.807) is 12.4 Å². The highest BCUT2D eigenvalue weighted by Crippen LogP contribution is 2.30. The van der Waals surface area contributed by atoms with Gasteiger partial charge in [0.25, 0.3) is 0 Å². The van der Waals surface area contributed by atoms with E-state index in [2.05, 4.69) is 62.9 Å². The van der Waals surface area contributed by atoms with Crippen molar-refractivity contribution in [3.05, 3.63) is 49.1 Å². The molecule has 0 radical (unpaired) electrons. The van der Waals surface area contributed by atoms with Crippen LogP contribution in [0.25, 0.3) is 27.7 Å². The molecule has 5 rings (SSSR count). The molecule has 1 aromatic carbocycles. The molecule has 0 unspecified atom stereocenters. The van der Waals surface area contributed by atoms with Crippen molar-refractivity contribution in [2.45, 2.75) is 44.2 Å². The summed E-state index contributed by atoms with van der Waals surface area (Å²) in [6.45, 7) is 2.30. The van der Waals surface area contributed by atoms with Gasteiger partial charge >= 0.3 is 0 Å². The lowest BCUT2D eigenvalue weighted by molar-refractivity contribution is 0.258. The van der Waals surface area contributed by atoms with Crippen LogP contribution in [-0.4, -0.2) is 43.2 Å². The predicted molar refractivity (Wildman–Crippen MR) is 115 cm³/mol. The van der Waals surface area contributed by atoms with Gasteiger partial charge in [-0.15, -0.1) is 5.10 Å². The van der Waals surface area contributed by atoms with Crippen LogP contribution in [-0.2, 0) is 0 Å². The lowest BCUT2D eigenvalue weighted by Crippen LogP contribution is -2.45. The topological polar surface area (TPSA) is 80.0 Å². The molecule has 0 spiro atoms. The summed E-state index contributed by atoms with van der Waals surface area (Å²) in [6, 6.07) is 8.62. The summed E-state index contributed by atoms with van der Waals surface area (Å²) in [7, 11) is 2.05. The molecule has 1 aliphatic carbocycles. The Hall–Kier alpha value is -3.06. The highest BCUT2D eigenvalue weighted by molar-refractivity contribution is 5.86. The molecule has 0 bridgehead atoms. The van der Waals surface area contributed by atoms with E-state index >= 15 is 0 Å². The summed E-state index contributed by atoms with van der Waals surface area (Å²) in [5.41, 5.74) is 5.18. The second kappa shape index (κ2) is 7.08. The summed E-state index contributed by atoms with van der Waals surface area (Å²) in [5, 5.41) is 11.7. The van der Waals surface area contributed by atoms with Crippen LogP contribution >= 0.6 is 0 Å². The van der Waals surface area contributed by atoms with Crippen LogP contribution < -0.4 is 10.6 Å². The van der Waals surface area contributed by atoms with Gasteiger partial charge in [0.1, 0.15) is 0 Å².